The number of nitrogens with zero attached hydrogens (tertiary/aromatic N) is 3. The van der Waals surface area contributed by atoms with Gasteiger partial charge in [-0.25, -0.2) is 0 Å². The molecule has 124 valence electrons. The van der Waals surface area contributed by atoms with Gasteiger partial charge in [0.25, 0.3) is 5.24 Å². The molecule has 3 rings (SSSR count). The third-order valence-electron chi connectivity index (χ3n) is 4.52. The van der Waals surface area contributed by atoms with Crippen molar-refractivity contribution in [3.8, 4) is 0 Å². The summed E-state index contributed by atoms with van der Waals surface area (Å²) in [4.78, 5) is 30.1. The highest BCUT2D eigenvalue weighted by Gasteiger charge is 2.32. The molecule has 2 aliphatic rings. The van der Waals surface area contributed by atoms with Crippen LogP contribution in [0.3, 0.4) is 0 Å². The fourth-order valence-electron chi connectivity index (χ4n) is 3.25. The molecule has 0 aromatic heterocycles. The van der Waals surface area contributed by atoms with Gasteiger partial charge in [-0.05, 0) is 30.5 Å². The van der Waals surface area contributed by atoms with Crippen LogP contribution in [0, 0.1) is 0 Å². The molecule has 23 heavy (non-hydrogen) atoms. The second kappa shape index (κ2) is 6.83. The summed E-state index contributed by atoms with van der Waals surface area (Å²) in [6, 6.07) is 8.51. The molecule has 0 spiro atoms. The second-order valence-corrected chi connectivity index (χ2v) is 7.32. The van der Waals surface area contributed by atoms with E-state index in [1.165, 1.54) is 17.3 Å². The first-order valence-electron chi connectivity index (χ1n) is 8.05. The summed E-state index contributed by atoms with van der Waals surface area (Å²) < 4.78 is 0. The number of benzene rings is 1. The van der Waals surface area contributed by atoms with Crippen molar-refractivity contribution in [3.63, 3.8) is 0 Å². The van der Waals surface area contributed by atoms with Crippen LogP contribution in [0.1, 0.15) is 24.4 Å². The van der Waals surface area contributed by atoms with E-state index >= 15 is 0 Å². The fourth-order valence-corrected chi connectivity index (χ4v) is 4.07. The molecule has 1 aromatic carbocycles. The van der Waals surface area contributed by atoms with Gasteiger partial charge in [-0.1, -0.05) is 23.9 Å². The van der Waals surface area contributed by atoms with Crippen LogP contribution in [0.4, 0.5) is 10.5 Å². The van der Waals surface area contributed by atoms with E-state index in [1.54, 1.807) is 4.90 Å². The Bertz CT molecular complexity index is 605. The van der Waals surface area contributed by atoms with Crippen molar-refractivity contribution in [3.05, 3.63) is 29.8 Å². The molecular formula is C17H23N3O2S. The molecule has 2 saturated heterocycles. The number of likely N-dealkylation sites (tertiary alicyclic amines) is 1. The van der Waals surface area contributed by atoms with Crippen LogP contribution in [-0.4, -0.2) is 60.4 Å². The monoisotopic (exact) mass is 333 g/mol. The van der Waals surface area contributed by atoms with Gasteiger partial charge in [0, 0.05) is 38.6 Å². The second-order valence-electron chi connectivity index (χ2n) is 6.27. The standard InChI is InChI=1S/C17H23N3O2S/c1-18(2)14-6-3-5-13(11-14)15-7-4-8-20(15)16(21)12-19-9-10-23-17(19)22/h3,5-6,11,15H,4,7-10,12H2,1-2H3/t15-/m1/s1. The van der Waals surface area contributed by atoms with Crippen LogP contribution < -0.4 is 4.90 Å². The van der Waals surface area contributed by atoms with E-state index in [-0.39, 0.29) is 23.7 Å². The summed E-state index contributed by atoms with van der Waals surface area (Å²) in [6.07, 6.45) is 2.01. The van der Waals surface area contributed by atoms with Crippen LogP contribution in [0.5, 0.6) is 0 Å². The van der Waals surface area contributed by atoms with Gasteiger partial charge in [-0.15, -0.1) is 0 Å². The molecule has 5 nitrogen and oxygen atoms in total. The number of carbonyl (C=O) groups is 2. The van der Waals surface area contributed by atoms with E-state index in [4.69, 9.17) is 0 Å². The average Bonchev–Trinajstić information content (AvgIpc) is 3.17. The van der Waals surface area contributed by atoms with Gasteiger partial charge in [-0.3, -0.25) is 9.59 Å². The predicted octanol–water partition coefficient (Wildman–Crippen LogP) is 2.58. The third-order valence-corrected chi connectivity index (χ3v) is 5.41. The Kier molecular flexibility index (Phi) is 4.80. The summed E-state index contributed by atoms with van der Waals surface area (Å²) in [5.41, 5.74) is 2.33. The van der Waals surface area contributed by atoms with E-state index in [2.05, 4.69) is 23.1 Å². The Morgan fingerprint density at radius 1 is 1.35 bits per heavy atom. The molecule has 2 heterocycles. The maximum absolute atomic E-state index is 12.7. The Balaban J connectivity index is 1.73. The van der Waals surface area contributed by atoms with E-state index in [9.17, 15) is 9.59 Å². The fraction of sp³-hybridized carbons (Fsp3) is 0.529. The Hall–Kier alpha value is -1.69. The molecule has 0 unspecified atom stereocenters. The minimum atomic E-state index is 0.0312. The van der Waals surface area contributed by atoms with Gasteiger partial charge in [0.1, 0.15) is 6.54 Å². The highest BCUT2D eigenvalue weighted by Crippen LogP contribution is 2.33. The molecule has 1 atom stereocenters. The lowest BCUT2D eigenvalue weighted by molar-refractivity contribution is -0.132. The lowest BCUT2D eigenvalue weighted by atomic mass is 10.0. The predicted molar refractivity (Wildman–Crippen MR) is 93.9 cm³/mol. The minimum absolute atomic E-state index is 0.0312. The zero-order valence-electron chi connectivity index (χ0n) is 13.7. The number of hydrogen-bond donors (Lipinski definition) is 0. The van der Waals surface area contributed by atoms with E-state index in [0.29, 0.717) is 6.54 Å². The maximum Gasteiger partial charge on any atom is 0.282 e. The Labute approximate surface area is 141 Å². The zero-order chi connectivity index (χ0) is 16.4. The van der Waals surface area contributed by atoms with Gasteiger partial charge in [-0.2, -0.15) is 0 Å². The van der Waals surface area contributed by atoms with Gasteiger partial charge in [0.05, 0.1) is 6.04 Å². The molecule has 0 radical (unpaired) electrons. The minimum Gasteiger partial charge on any atom is -0.378 e. The quantitative estimate of drug-likeness (QED) is 0.849. The van der Waals surface area contributed by atoms with Crippen molar-refractivity contribution < 1.29 is 9.59 Å². The van der Waals surface area contributed by atoms with E-state index in [0.717, 1.165) is 30.8 Å². The first-order valence-corrected chi connectivity index (χ1v) is 9.03. The lowest BCUT2D eigenvalue weighted by Gasteiger charge is -2.28. The van der Waals surface area contributed by atoms with Crippen LogP contribution in [0.15, 0.2) is 24.3 Å². The molecule has 0 aliphatic carbocycles. The summed E-state index contributed by atoms with van der Waals surface area (Å²) in [6.45, 7) is 1.68. The summed E-state index contributed by atoms with van der Waals surface area (Å²) >= 11 is 1.30. The average molecular weight is 333 g/mol. The SMILES string of the molecule is CN(C)c1cccc([C@H]2CCCN2C(=O)CN2CCSC2=O)c1. The Morgan fingerprint density at radius 2 is 2.17 bits per heavy atom. The molecule has 2 fully saturated rings. The highest BCUT2D eigenvalue weighted by molar-refractivity contribution is 8.13. The maximum atomic E-state index is 12.7. The van der Waals surface area contributed by atoms with Crippen molar-refractivity contribution in [2.24, 2.45) is 0 Å². The molecule has 1 aromatic rings. The van der Waals surface area contributed by atoms with E-state index < -0.39 is 0 Å². The first-order chi connectivity index (χ1) is 11.1. The first kappa shape index (κ1) is 16.2. The normalized spacial score (nSPS) is 21.1. The molecular weight excluding hydrogens is 310 g/mol. The topological polar surface area (TPSA) is 43.9 Å². The number of amides is 2. The summed E-state index contributed by atoms with van der Waals surface area (Å²) in [5.74, 6) is 0.860. The number of carbonyl (C=O) groups excluding carboxylic acids is 2. The number of rotatable bonds is 4. The number of anilines is 1. The molecule has 0 bridgehead atoms. The highest BCUT2D eigenvalue weighted by atomic mass is 32.2. The Morgan fingerprint density at radius 3 is 2.87 bits per heavy atom. The number of hydrogen-bond acceptors (Lipinski definition) is 4. The molecule has 2 amide bonds. The lowest BCUT2D eigenvalue weighted by Crippen LogP contribution is -2.40. The van der Waals surface area contributed by atoms with Gasteiger partial charge in [0.15, 0.2) is 0 Å². The molecule has 0 saturated carbocycles. The van der Waals surface area contributed by atoms with Gasteiger partial charge < -0.3 is 14.7 Å². The largest absolute Gasteiger partial charge is 0.378 e. The third kappa shape index (κ3) is 3.47. The van der Waals surface area contributed by atoms with Gasteiger partial charge >= 0.3 is 0 Å². The molecule has 6 heteroatoms. The van der Waals surface area contributed by atoms with Crippen LogP contribution >= 0.6 is 11.8 Å². The van der Waals surface area contributed by atoms with Crippen molar-refractivity contribution in [2.45, 2.75) is 18.9 Å². The van der Waals surface area contributed by atoms with Crippen molar-refractivity contribution in [1.82, 2.24) is 9.80 Å². The smallest absolute Gasteiger partial charge is 0.282 e. The zero-order valence-corrected chi connectivity index (χ0v) is 14.5. The molecule has 0 N–H and O–H groups in total. The molecule has 2 aliphatic heterocycles. The van der Waals surface area contributed by atoms with Gasteiger partial charge in [0.2, 0.25) is 5.91 Å². The van der Waals surface area contributed by atoms with Crippen LogP contribution in [0.2, 0.25) is 0 Å². The summed E-state index contributed by atoms with van der Waals surface area (Å²) in [5, 5.41) is 0.0312. The van der Waals surface area contributed by atoms with Crippen molar-refractivity contribution in [1.29, 1.82) is 0 Å². The van der Waals surface area contributed by atoms with Crippen LogP contribution in [-0.2, 0) is 4.79 Å². The van der Waals surface area contributed by atoms with Crippen molar-refractivity contribution >= 4 is 28.6 Å². The summed E-state index contributed by atoms with van der Waals surface area (Å²) in [7, 11) is 4.04. The number of thioether (sulfide) groups is 1. The van der Waals surface area contributed by atoms with Crippen LogP contribution in [0.25, 0.3) is 0 Å². The van der Waals surface area contributed by atoms with Crippen molar-refractivity contribution in [2.75, 3.05) is 44.4 Å². The van der Waals surface area contributed by atoms with E-state index in [1.807, 2.05) is 25.1 Å².